The predicted molar refractivity (Wildman–Crippen MR) is 85.9 cm³/mol. The zero-order valence-electron chi connectivity index (χ0n) is 9.40. The van der Waals surface area contributed by atoms with Crippen LogP contribution in [0, 0.1) is 22.7 Å². The van der Waals surface area contributed by atoms with Crippen molar-refractivity contribution < 1.29 is 0 Å². The van der Waals surface area contributed by atoms with E-state index in [0.29, 0.717) is 37.8 Å². The highest BCUT2D eigenvalue weighted by Gasteiger charge is 2.23. The first-order chi connectivity index (χ1) is 8.12. The number of nitriles is 2. The zero-order valence-corrected chi connectivity index (χ0v) is 15.9. The van der Waals surface area contributed by atoms with Crippen molar-refractivity contribution in [2.24, 2.45) is 0 Å². The molecule has 0 heterocycles. The fourth-order valence-corrected chi connectivity index (χ4v) is 4.30. The minimum atomic E-state index is -2.43. The van der Waals surface area contributed by atoms with Crippen molar-refractivity contribution in [3.8, 4) is 12.1 Å². The highest BCUT2D eigenvalue weighted by molar-refractivity contribution is 7.65. The van der Waals surface area contributed by atoms with Crippen molar-refractivity contribution in [3.05, 3.63) is 0 Å². The minimum Gasteiger partial charge on any atom is -0.198 e. The van der Waals surface area contributed by atoms with Crippen molar-refractivity contribution in [1.82, 2.24) is 0 Å². The second-order valence-electron chi connectivity index (χ2n) is 3.25. The zero-order chi connectivity index (χ0) is 14.7. The van der Waals surface area contributed by atoms with E-state index in [0.717, 1.165) is 0 Å². The van der Waals surface area contributed by atoms with Crippen LogP contribution in [0.4, 0.5) is 0 Å². The van der Waals surface area contributed by atoms with Gasteiger partial charge in [0.25, 0.3) is 0 Å². The van der Waals surface area contributed by atoms with E-state index in [1.165, 1.54) is 0 Å². The van der Waals surface area contributed by atoms with Crippen molar-refractivity contribution in [2.75, 3.05) is 0 Å². The lowest BCUT2D eigenvalue weighted by Gasteiger charge is -2.03. The number of hydrogen-bond acceptors (Lipinski definition) is 2. The average molecular weight is 405 g/mol. The van der Waals surface area contributed by atoms with E-state index < -0.39 is 12.0 Å². The Bertz CT molecular complexity index is 258. The van der Waals surface area contributed by atoms with Crippen molar-refractivity contribution in [1.29, 1.82) is 10.5 Å². The third kappa shape index (κ3) is 25.9. The second kappa shape index (κ2) is 11.9. The van der Waals surface area contributed by atoms with Crippen molar-refractivity contribution in [2.45, 2.75) is 37.8 Å². The van der Waals surface area contributed by atoms with Crippen LogP contribution < -0.4 is 0 Å². The summed E-state index contributed by atoms with van der Waals surface area (Å²) in [6.07, 6.45) is 2.39. The molecular formula is C8H12Cl6N2Si2. The summed E-state index contributed by atoms with van der Waals surface area (Å²) in [5.74, 6) is 0. The average Bonchev–Trinajstić information content (AvgIpc) is 2.16. The molecule has 0 aliphatic carbocycles. The van der Waals surface area contributed by atoms with Crippen LogP contribution in [-0.4, -0.2) is 12.0 Å². The molecule has 0 spiro atoms. The Morgan fingerprint density at radius 2 is 0.944 bits per heavy atom. The molecular weight excluding hydrogens is 393 g/mol. The Balaban J connectivity index is 0. The van der Waals surface area contributed by atoms with E-state index >= 15 is 0 Å². The molecule has 0 rings (SSSR count). The normalized spacial score (nSPS) is 10.9. The van der Waals surface area contributed by atoms with Crippen LogP contribution >= 0.6 is 66.5 Å². The molecule has 0 aliphatic rings. The molecule has 0 fully saturated rings. The van der Waals surface area contributed by atoms with Crippen LogP contribution in [-0.2, 0) is 0 Å². The Labute approximate surface area is 138 Å². The summed E-state index contributed by atoms with van der Waals surface area (Å²) in [5, 5.41) is 16.2. The van der Waals surface area contributed by atoms with Crippen LogP contribution in [0.15, 0.2) is 0 Å². The van der Waals surface area contributed by atoms with Crippen LogP contribution in [0.1, 0.15) is 25.7 Å². The maximum atomic E-state index is 8.10. The summed E-state index contributed by atoms with van der Waals surface area (Å²) in [6.45, 7) is 0. The van der Waals surface area contributed by atoms with Gasteiger partial charge in [0.1, 0.15) is 0 Å². The lowest BCUT2D eigenvalue weighted by molar-refractivity contribution is 0.960. The Morgan fingerprint density at radius 3 is 1.11 bits per heavy atom. The molecule has 0 aromatic rings. The van der Waals surface area contributed by atoms with E-state index in [-0.39, 0.29) is 0 Å². The van der Waals surface area contributed by atoms with Gasteiger partial charge < -0.3 is 0 Å². The van der Waals surface area contributed by atoms with Gasteiger partial charge >= 0.3 is 12.0 Å². The Kier molecular flexibility index (Phi) is 14.2. The molecule has 0 saturated carbocycles. The van der Waals surface area contributed by atoms with Gasteiger partial charge in [-0.05, 0) is 24.9 Å². The third-order valence-corrected chi connectivity index (χ3v) is 6.74. The van der Waals surface area contributed by atoms with Gasteiger partial charge in [-0.1, -0.05) is 0 Å². The molecule has 2 nitrogen and oxygen atoms in total. The van der Waals surface area contributed by atoms with Gasteiger partial charge in [-0.3, -0.25) is 0 Å². The number of halogens is 6. The van der Waals surface area contributed by atoms with Crippen LogP contribution in [0.2, 0.25) is 12.1 Å². The molecule has 0 aromatic carbocycles. The van der Waals surface area contributed by atoms with E-state index in [1.54, 1.807) is 0 Å². The minimum absolute atomic E-state index is 0.487. The number of unbranched alkanes of at least 4 members (excludes halogenated alkanes) is 2. The molecule has 104 valence electrons. The maximum absolute atomic E-state index is 8.10. The van der Waals surface area contributed by atoms with E-state index in [1.807, 2.05) is 12.1 Å². The molecule has 0 unspecified atom stereocenters. The molecule has 0 saturated heterocycles. The highest BCUT2D eigenvalue weighted by atomic mass is 35.8. The largest absolute Gasteiger partial charge is 0.341 e. The summed E-state index contributed by atoms with van der Waals surface area (Å²) in [6, 6.07) is 0.292. The van der Waals surface area contributed by atoms with Gasteiger partial charge in [0.2, 0.25) is 0 Å². The third-order valence-electron chi connectivity index (χ3n) is 1.50. The number of nitrogens with zero attached hydrogens (tertiary/aromatic N) is 2. The first-order valence-corrected chi connectivity index (χ1v) is 15.5. The second-order valence-corrected chi connectivity index (χ2v) is 21.8. The summed E-state index contributed by atoms with van der Waals surface area (Å²) in [7, 11) is 0. The van der Waals surface area contributed by atoms with Gasteiger partial charge in [0, 0.05) is 12.8 Å². The van der Waals surface area contributed by atoms with Crippen molar-refractivity contribution >= 4 is 78.5 Å². The molecule has 0 aliphatic heterocycles. The molecule has 18 heavy (non-hydrogen) atoms. The van der Waals surface area contributed by atoms with Gasteiger partial charge in [-0.25, -0.2) is 0 Å². The molecule has 0 N–H and O–H groups in total. The smallest absolute Gasteiger partial charge is 0.198 e. The van der Waals surface area contributed by atoms with E-state index in [4.69, 9.17) is 77.0 Å². The first-order valence-electron chi connectivity index (χ1n) is 5.00. The molecule has 0 aromatic heterocycles. The fourth-order valence-electron chi connectivity index (χ4n) is 0.736. The number of hydrogen-bond donors (Lipinski definition) is 0. The molecule has 0 amide bonds. The molecule has 10 heteroatoms. The van der Waals surface area contributed by atoms with Gasteiger partial charge in [0.05, 0.1) is 12.1 Å². The van der Waals surface area contributed by atoms with Gasteiger partial charge in [-0.15, -0.1) is 66.5 Å². The summed E-state index contributed by atoms with van der Waals surface area (Å²) in [4.78, 5) is 0. The van der Waals surface area contributed by atoms with Crippen LogP contribution in [0.3, 0.4) is 0 Å². The topological polar surface area (TPSA) is 47.6 Å². The predicted octanol–water partition coefficient (Wildman–Crippen LogP) is 5.89. The van der Waals surface area contributed by atoms with Crippen LogP contribution in [0.5, 0.6) is 0 Å². The lowest BCUT2D eigenvalue weighted by Crippen LogP contribution is -2.07. The Morgan fingerprint density at radius 1 is 0.667 bits per heavy atom. The van der Waals surface area contributed by atoms with Crippen LogP contribution in [0.25, 0.3) is 0 Å². The van der Waals surface area contributed by atoms with Crippen molar-refractivity contribution in [3.63, 3.8) is 0 Å². The standard InChI is InChI=1S/2C4H6Cl3NSi/c2*5-9(6,7)4-2-1-3-8/h2*1-2,4H2. The lowest BCUT2D eigenvalue weighted by atomic mass is 10.4. The summed E-state index contributed by atoms with van der Waals surface area (Å²) < 4.78 is 0. The summed E-state index contributed by atoms with van der Waals surface area (Å²) in [5.41, 5.74) is 0. The van der Waals surface area contributed by atoms with Gasteiger partial charge in [-0.2, -0.15) is 10.5 Å². The maximum Gasteiger partial charge on any atom is 0.341 e. The Hall–Kier alpha value is 1.15. The highest BCUT2D eigenvalue weighted by Crippen LogP contribution is 2.27. The molecule has 0 atom stereocenters. The monoisotopic (exact) mass is 402 g/mol. The summed E-state index contributed by atoms with van der Waals surface area (Å²) >= 11 is 33.2. The fraction of sp³-hybridized carbons (Fsp3) is 0.750. The molecule has 0 bridgehead atoms. The quantitative estimate of drug-likeness (QED) is 0.314. The SMILES string of the molecule is N#CCCC[Si](Cl)(Cl)Cl.N#CCCC[Si](Cl)(Cl)Cl. The first kappa shape index (κ1) is 21.5. The number of rotatable bonds is 6. The molecule has 0 radical (unpaired) electrons. The van der Waals surface area contributed by atoms with E-state index in [2.05, 4.69) is 0 Å². The van der Waals surface area contributed by atoms with Gasteiger partial charge in [0.15, 0.2) is 0 Å². The van der Waals surface area contributed by atoms with E-state index in [9.17, 15) is 0 Å².